The molecule has 2 aromatic carbocycles. The maximum absolute atomic E-state index is 13.2. The van der Waals surface area contributed by atoms with Crippen LogP contribution in [0.5, 0.6) is 0 Å². The molecular weight excluding hydrogens is 436 g/mol. The van der Waals surface area contributed by atoms with Gasteiger partial charge in [0, 0.05) is 43.5 Å². The van der Waals surface area contributed by atoms with Crippen LogP contribution in [0, 0.1) is 11.3 Å². The Hall–Kier alpha value is -3.53. The van der Waals surface area contributed by atoms with Gasteiger partial charge in [0.1, 0.15) is 0 Å². The quantitative estimate of drug-likeness (QED) is 0.621. The molecule has 1 N–H and O–H groups in total. The molecular formula is C29H30N4O2. The maximum Gasteiger partial charge on any atom is 0.227 e. The molecule has 0 radical (unpaired) electrons. The Morgan fingerprint density at radius 3 is 2.54 bits per heavy atom. The van der Waals surface area contributed by atoms with Crippen molar-refractivity contribution in [2.24, 2.45) is 0 Å². The molecule has 3 heterocycles. The predicted octanol–water partition coefficient (Wildman–Crippen LogP) is 3.61. The highest BCUT2D eigenvalue weighted by Gasteiger charge is 2.49. The molecule has 35 heavy (non-hydrogen) atoms. The van der Waals surface area contributed by atoms with Crippen molar-refractivity contribution >= 4 is 5.91 Å². The Kier molecular flexibility index (Phi) is 6.89. The van der Waals surface area contributed by atoms with Gasteiger partial charge < -0.3 is 10.0 Å². The SMILES string of the molecule is N#Cc1cccc(-c2ccc([C@@H]3[C@@H](CO)N4CCCCN(C(=O)Cc5ccncc5)C[C@H]34)cc2)c1. The van der Waals surface area contributed by atoms with Crippen molar-refractivity contribution in [2.45, 2.75) is 37.3 Å². The van der Waals surface area contributed by atoms with E-state index in [1.807, 2.05) is 41.3 Å². The fraction of sp³-hybridized carbons (Fsp3) is 0.345. The van der Waals surface area contributed by atoms with E-state index in [2.05, 4.69) is 40.2 Å². The Labute approximate surface area is 206 Å². The Bertz CT molecular complexity index is 1210. The molecule has 0 bridgehead atoms. The highest BCUT2D eigenvalue weighted by molar-refractivity contribution is 5.78. The van der Waals surface area contributed by atoms with E-state index in [0.29, 0.717) is 18.5 Å². The highest BCUT2D eigenvalue weighted by Crippen LogP contribution is 2.42. The van der Waals surface area contributed by atoms with Crippen molar-refractivity contribution in [1.82, 2.24) is 14.8 Å². The Morgan fingerprint density at radius 2 is 1.80 bits per heavy atom. The topological polar surface area (TPSA) is 80.5 Å². The molecule has 2 aliphatic heterocycles. The van der Waals surface area contributed by atoms with Crippen LogP contribution in [0.2, 0.25) is 0 Å². The molecule has 2 aliphatic rings. The summed E-state index contributed by atoms with van der Waals surface area (Å²) in [5.41, 5.74) is 4.90. The first-order chi connectivity index (χ1) is 17.2. The van der Waals surface area contributed by atoms with E-state index in [1.165, 1.54) is 5.56 Å². The van der Waals surface area contributed by atoms with Gasteiger partial charge in [0.2, 0.25) is 5.91 Å². The van der Waals surface area contributed by atoms with Gasteiger partial charge in [-0.05, 0) is 65.9 Å². The number of aliphatic hydroxyl groups is 1. The second-order valence-electron chi connectivity index (χ2n) is 9.47. The van der Waals surface area contributed by atoms with E-state index in [4.69, 9.17) is 0 Å². The minimum Gasteiger partial charge on any atom is -0.395 e. The number of carbonyl (C=O) groups is 1. The molecule has 0 aliphatic carbocycles. The summed E-state index contributed by atoms with van der Waals surface area (Å²) < 4.78 is 0. The second-order valence-corrected chi connectivity index (χ2v) is 9.47. The van der Waals surface area contributed by atoms with Crippen LogP contribution in [0.25, 0.3) is 11.1 Å². The van der Waals surface area contributed by atoms with Crippen LogP contribution in [0.4, 0.5) is 0 Å². The summed E-state index contributed by atoms with van der Waals surface area (Å²) in [6, 6.07) is 22.4. The number of nitriles is 1. The summed E-state index contributed by atoms with van der Waals surface area (Å²) in [5.74, 6) is 0.325. The average Bonchev–Trinajstić information content (AvgIpc) is 2.88. The predicted molar refractivity (Wildman–Crippen MR) is 134 cm³/mol. The number of benzene rings is 2. The fourth-order valence-corrected chi connectivity index (χ4v) is 5.62. The van der Waals surface area contributed by atoms with Crippen LogP contribution >= 0.6 is 0 Å². The van der Waals surface area contributed by atoms with Crippen molar-refractivity contribution in [2.75, 3.05) is 26.2 Å². The van der Waals surface area contributed by atoms with E-state index in [-0.39, 0.29) is 30.5 Å². The summed E-state index contributed by atoms with van der Waals surface area (Å²) in [5, 5.41) is 19.4. The van der Waals surface area contributed by atoms with E-state index in [0.717, 1.165) is 42.6 Å². The molecule has 1 aromatic heterocycles. The van der Waals surface area contributed by atoms with Crippen LogP contribution < -0.4 is 0 Å². The normalized spacial score (nSPS) is 22.3. The van der Waals surface area contributed by atoms with Gasteiger partial charge in [-0.2, -0.15) is 5.26 Å². The lowest BCUT2D eigenvalue weighted by atomic mass is 9.74. The van der Waals surface area contributed by atoms with Crippen molar-refractivity contribution in [1.29, 1.82) is 5.26 Å². The van der Waals surface area contributed by atoms with Crippen molar-refractivity contribution < 1.29 is 9.90 Å². The van der Waals surface area contributed by atoms with Gasteiger partial charge in [-0.25, -0.2) is 0 Å². The lowest BCUT2D eigenvalue weighted by molar-refractivity contribution is -0.135. The van der Waals surface area contributed by atoms with Gasteiger partial charge in [0.15, 0.2) is 0 Å². The van der Waals surface area contributed by atoms with Crippen molar-refractivity contribution in [3.63, 3.8) is 0 Å². The number of aromatic nitrogens is 1. The number of carbonyl (C=O) groups excluding carboxylic acids is 1. The average molecular weight is 467 g/mol. The minimum absolute atomic E-state index is 0.0722. The Morgan fingerprint density at radius 1 is 1.03 bits per heavy atom. The van der Waals surface area contributed by atoms with E-state index < -0.39 is 0 Å². The first-order valence-electron chi connectivity index (χ1n) is 12.3. The molecule has 178 valence electrons. The summed E-state index contributed by atoms with van der Waals surface area (Å²) in [4.78, 5) is 21.6. The lowest BCUT2D eigenvalue weighted by Crippen LogP contribution is -2.68. The first kappa shape index (κ1) is 23.2. The smallest absolute Gasteiger partial charge is 0.227 e. The molecule has 6 heteroatoms. The lowest BCUT2D eigenvalue weighted by Gasteiger charge is -2.57. The maximum atomic E-state index is 13.2. The van der Waals surface area contributed by atoms with Crippen LogP contribution in [-0.4, -0.2) is 64.1 Å². The number of hydrogen-bond acceptors (Lipinski definition) is 5. The molecule has 2 fully saturated rings. The van der Waals surface area contributed by atoms with Crippen LogP contribution in [-0.2, 0) is 11.2 Å². The molecule has 0 unspecified atom stereocenters. The number of amides is 1. The third kappa shape index (κ3) is 4.84. The number of aliphatic hydroxyl groups excluding tert-OH is 1. The number of fused-ring (bicyclic) bond motifs is 1. The summed E-state index contributed by atoms with van der Waals surface area (Å²) in [6.45, 7) is 2.52. The largest absolute Gasteiger partial charge is 0.395 e. The Balaban J connectivity index is 1.35. The molecule has 6 nitrogen and oxygen atoms in total. The molecule has 3 aromatic rings. The number of nitrogens with zero attached hydrogens (tertiary/aromatic N) is 4. The zero-order valence-electron chi connectivity index (χ0n) is 19.8. The molecule has 5 rings (SSSR count). The van der Waals surface area contributed by atoms with Gasteiger partial charge in [-0.1, -0.05) is 36.4 Å². The molecule has 0 spiro atoms. The van der Waals surface area contributed by atoms with Crippen molar-refractivity contribution in [3.05, 3.63) is 89.7 Å². The summed E-state index contributed by atoms with van der Waals surface area (Å²) >= 11 is 0. The van der Waals surface area contributed by atoms with Gasteiger partial charge in [0.25, 0.3) is 0 Å². The molecule has 2 saturated heterocycles. The molecule has 3 atom stereocenters. The van der Waals surface area contributed by atoms with Crippen LogP contribution in [0.15, 0.2) is 73.1 Å². The molecule has 1 amide bonds. The van der Waals surface area contributed by atoms with Gasteiger partial charge in [-0.15, -0.1) is 0 Å². The zero-order valence-corrected chi connectivity index (χ0v) is 19.8. The first-order valence-corrected chi connectivity index (χ1v) is 12.3. The zero-order chi connectivity index (χ0) is 24.2. The second kappa shape index (κ2) is 10.4. The van der Waals surface area contributed by atoms with E-state index >= 15 is 0 Å². The highest BCUT2D eigenvalue weighted by atomic mass is 16.3. The fourth-order valence-electron chi connectivity index (χ4n) is 5.62. The van der Waals surface area contributed by atoms with Gasteiger partial charge in [-0.3, -0.25) is 14.7 Å². The number of hydrogen-bond donors (Lipinski definition) is 1. The third-order valence-corrected chi connectivity index (χ3v) is 7.45. The van der Waals surface area contributed by atoms with Crippen LogP contribution in [0.3, 0.4) is 0 Å². The third-order valence-electron chi connectivity index (χ3n) is 7.45. The summed E-state index contributed by atoms with van der Waals surface area (Å²) in [6.07, 6.45) is 5.84. The monoisotopic (exact) mass is 466 g/mol. The summed E-state index contributed by atoms with van der Waals surface area (Å²) in [7, 11) is 0. The van der Waals surface area contributed by atoms with Crippen molar-refractivity contribution in [3.8, 4) is 17.2 Å². The minimum atomic E-state index is 0.0722. The number of pyridine rings is 1. The van der Waals surface area contributed by atoms with Crippen LogP contribution in [0.1, 0.15) is 35.4 Å². The van der Waals surface area contributed by atoms with E-state index in [1.54, 1.807) is 12.4 Å². The van der Waals surface area contributed by atoms with E-state index in [9.17, 15) is 15.2 Å². The standard InChI is InChI=1S/C29H30N4O2/c30-18-22-4-3-5-25(16-22)23-6-8-24(9-7-23)29-26-19-32(14-1-2-15-33(26)27(29)20-34)28(35)17-21-10-12-31-13-11-21/h3-13,16,26-27,29,34H,1-2,14-15,17,19-20H2/t26-,27-,29+/m1/s1. The molecule has 0 saturated carbocycles. The van der Waals surface area contributed by atoms with Gasteiger partial charge >= 0.3 is 0 Å². The number of rotatable bonds is 5. The van der Waals surface area contributed by atoms with Gasteiger partial charge in [0.05, 0.1) is 24.7 Å².